The standard InChI is InChI=1S/C12H16O/c1-5-6-11-7-8(2)9(3)10(4)12(11)13/h5,7,13H,1,6H2,2-4H3. The summed E-state index contributed by atoms with van der Waals surface area (Å²) in [6, 6.07) is 2.03. The molecule has 0 aliphatic carbocycles. The van der Waals surface area contributed by atoms with Crippen LogP contribution in [0.1, 0.15) is 22.3 Å². The molecule has 1 rings (SSSR count). The molecule has 1 heteroatoms. The van der Waals surface area contributed by atoms with Crippen molar-refractivity contribution < 1.29 is 5.11 Å². The lowest BCUT2D eigenvalue weighted by Crippen LogP contribution is -1.92. The van der Waals surface area contributed by atoms with E-state index in [9.17, 15) is 5.11 Å². The Bertz CT molecular complexity index is 337. The Morgan fingerprint density at radius 3 is 2.46 bits per heavy atom. The van der Waals surface area contributed by atoms with Crippen LogP contribution in [0.2, 0.25) is 0 Å². The fourth-order valence-corrected chi connectivity index (χ4v) is 1.46. The predicted molar refractivity (Wildman–Crippen MR) is 56.2 cm³/mol. The lowest BCUT2D eigenvalue weighted by atomic mass is 9.97. The Hall–Kier alpha value is -1.24. The van der Waals surface area contributed by atoms with Gasteiger partial charge in [-0.1, -0.05) is 12.1 Å². The molecule has 0 aromatic heterocycles. The van der Waals surface area contributed by atoms with E-state index in [4.69, 9.17) is 0 Å². The molecule has 0 spiro atoms. The van der Waals surface area contributed by atoms with E-state index in [2.05, 4.69) is 13.5 Å². The second-order valence-corrected chi connectivity index (χ2v) is 3.44. The zero-order chi connectivity index (χ0) is 10.0. The molecular formula is C12H16O. The lowest BCUT2D eigenvalue weighted by Gasteiger charge is -2.11. The molecule has 0 bridgehead atoms. The molecule has 1 aromatic carbocycles. The van der Waals surface area contributed by atoms with E-state index in [1.807, 2.05) is 26.0 Å². The summed E-state index contributed by atoms with van der Waals surface area (Å²) in [5, 5.41) is 9.79. The number of phenols is 1. The molecule has 1 aromatic rings. The number of aromatic hydroxyl groups is 1. The van der Waals surface area contributed by atoms with Crippen LogP contribution in [0, 0.1) is 20.8 Å². The Kier molecular flexibility index (Phi) is 2.76. The molecule has 1 N–H and O–H groups in total. The van der Waals surface area contributed by atoms with Gasteiger partial charge in [0.1, 0.15) is 5.75 Å². The van der Waals surface area contributed by atoms with Crippen LogP contribution in [0.4, 0.5) is 0 Å². The van der Waals surface area contributed by atoms with Crippen molar-refractivity contribution in [1.82, 2.24) is 0 Å². The monoisotopic (exact) mass is 176 g/mol. The van der Waals surface area contributed by atoms with Crippen molar-refractivity contribution in [2.75, 3.05) is 0 Å². The molecule has 13 heavy (non-hydrogen) atoms. The molecule has 0 heterocycles. The maximum absolute atomic E-state index is 9.79. The van der Waals surface area contributed by atoms with Crippen LogP contribution in [0.3, 0.4) is 0 Å². The third kappa shape index (κ3) is 1.74. The van der Waals surface area contributed by atoms with Crippen molar-refractivity contribution in [2.24, 2.45) is 0 Å². The Morgan fingerprint density at radius 1 is 1.31 bits per heavy atom. The molecule has 0 radical (unpaired) electrons. The normalized spacial score (nSPS) is 10.1. The van der Waals surface area contributed by atoms with Crippen LogP contribution in [-0.2, 0) is 6.42 Å². The van der Waals surface area contributed by atoms with E-state index in [1.54, 1.807) is 0 Å². The highest BCUT2D eigenvalue weighted by atomic mass is 16.3. The molecule has 0 amide bonds. The fourth-order valence-electron chi connectivity index (χ4n) is 1.46. The highest BCUT2D eigenvalue weighted by Crippen LogP contribution is 2.28. The molecule has 1 nitrogen and oxygen atoms in total. The van der Waals surface area contributed by atoms with E-state index < -0.39 is 0 Å². The molecule has 0 aliphatic rings. The molecule has 0 fully saturated rings. The molecular weight excluding hydrogens is 160 g/mol. The smallest absolute Gasteiger partial charge is 0.122 e. The molecule has 0 unspecified atom stereocenters. The predicted octanol–water partition coefficient (Wildman–Crippen LogP) is 3.05. The van der Waals surface area contributed by atoms with Gasteiger partial charge in [0.05, 0.1) is 0 Å². The number of aryl methyl sites for hydroxylation is 1. The third-order valence-corrected chi connectivity index (χ3v) is 2.57. The van der Waals surface area contributed by atoms with Gasteiger partial charge in [0, 0.05) is 0 Å². The first-order chi connectivity index (χ1) is 6.07. The van der Waals surface area contributed by atoms with Crippen LogP contribution in [0.5, 0.6) is 5.75 Å². The van der Waals surface area contributed by atoms with Gasteiger partial charge in [-0.2, -0.15) is 0 Å². The first kappa shape index (κ1) is 9.85. The average molecular weight is 176 g/mol. The van der Waals surface area contributed by atoms with Crippen molar-refractivity contribution in [2.45, 2.75) is 27.2 Å². The van der Waals surface area contributed by atoms with Gasteiger partial charge in [-0.25, -0.2) is 0 Å². The Labute approximate surface area is 79.7 Å². The maximum Gasteiger partial charge on any atom is 0.122 e. The SMILES string of the molecule is C=CCc1cc(C)c(C)c(C)c1O. The summed E-state index contributed by atoms with van der Waals surface area (Å²) in [4.78, 5) is 0. The minimum atomic E-state index is 0.419. The summed E-state index contributed by atoms with van der Waals surface area (Å²) in [5.41, 5.74) is 4.35. The fraction of sp³-hybridized carbons (Fsp3) is 0.333. The van der Waals surface area contributed by atoms with E-state index in [0.29, 0.717) is 5.75 Å². The number of rotatable bonds is 2. The summed E-state index contributed by atoms with van der Waals surface area (Å²) in [7, 11) is 0. The van der Waals surface area contributed by atoms with E-state index in [-0.39, 0.29) is 0 Å². The number of benzene rings is 1. The van der Waals surface area contributed by atoms with Crippen molar-refractivity contribution in [3.63, 3.8) is 0 Å². The molecule has 0 saturated carbocycles. The van der Waals surface area contributed by atoms with Gasteiger partial charge in [0.2, 0.25) is 0 Å². The minimum absolute atomic E-state index is 0.419. The zero-order valence-corrected chi connectivity index (χ0v) is 8.52. The van der Waals surface area contributed by atoms with Gasteiger partial charge in [0.25, 0.3) is 0 Å². The van der Waals surface area contributed by atoms with Crippen LogP contribution in [0.15, 0.2) is 18.7 Å². The maximum atomic E-state index is 9.79. The topological polar surface area (TPSA) is 20.2 Å². The summed E-state index contributed by atoms with van der Waals surface area (Å²) < 4.78 is 0. The van der Waals surface area contributed by atoms with Crippen LogP contribution in [-0.4, -0.2) is 5.11 Å². The third-order valence-electron chi connectivity index (χ3n) is 2.57. The first-order valence-corrected chi connectivity index (χ1v) is 4.47. The Morgan fingerprint density at radius 2 is 1.92 bits per heavy atom. The number of allylic oxidation sites excluding steroid dienone is 1. The summed E-state index contributed by atoms with van der Waals surface area (Å²) in [6.07, 6.45) is 2.54. The minimum Gasteiger partial charge on any atom is -0.507 e. The number of hydrogen-bond acceptors (Lipinski definition) is 1. The van der Waals surface area contributed by atoms with Crippen molar-refractivity contribution in [3.8, 4) is 5.75 Å². The molecule has 0 aliphatic heterocycles. The molecule has 70 valence electrons. The molecule has 0 atom stereocenters. The first-order valence-electron chi connectivity index (χ1n) is 4.47. The summed E-state index contributed by atoms with van der Waals surface area (Å²) >= 11 is 0. The van der Waals surface area contributed by atoms with Gasteiger partial charge >= 0.3 is 0 Å². The number of phenolic OH excluding ortho intramolecular Hbond substituents is 1. The van der Waals surface area contributed by atoms with Crippen LogP contribution >= 0.6 is 0 Å². The van der Waals surface area contributed by atoms with Gasteiger partial charge in [0.15, 0.2) is 0 Å². The van der Waals surface area contributed by atoms with Crippen LogP contribution < -0.4 is 0 Å². The van der Waals surface area contributed by atoms with E-state index >= 15 is 0 Å². The highest BCUT2D eigenvalue weighted by Gasteiger charge is 2.07. The van der Waals surface area contributed by atoms with Crippen molar-refractivity contribution >= 4 is 0 Å². The van der Waals surface area contributed by atoms with Gasteiger partial charge in [-0.3, -0.25) is 0 Å². The van der Waals surface area contributed by atoms with Crippen molar-refractivity contribution in [1.29, 1.82) is 0 Å². The van der Waals surface area contributed by atoms with E-state index in [0.717, 1.165) is 17.5 Å². The quantitative estimate of drug-likeness (QED) is 0.687. The average Bonchev–Trinajstić information content (AvgIpc) is 2.11. The second kappa shape index (κ2) is 3.65. The number of hydrogen-bond donors (Lipinski definition) is 1. The zero-order valence-electron chi connectivity index (χ0n) is 8.52. The largest absolute Gasteiger partial charge is 0.507 e. The van der Waals surface area contributed by atoms with Gasteiger partial charge < -0.3 is 5.11 Å². The molecule has 0 saturated heterocycles. The van der Waals surface area contributed by atoms with E-state index in [1.165, 1.54) is 11.1 Å². The lowest BCUT2D eigenvalue weighted by molar-refractivity contribution is 0.464. The Balaban J connectivity index is 3.31. The van der Waals surface area contributed by atoms with Gasteiger partial charge in [-0.15, -0.1) is 6.58 Å². The van der Waals surface area contributed by atoms with Gasteiger partial charge in [-0.05, 0) is 49.4 Å². The highest BCUT2D eigenvalue weighted by molar-refractivity contribution is 5.48. The summed E-state index contributed by atoms with van der Waals surface area (Å²) in [5.74, 6) is 0.419. The van der Waals surface area contributed by atoms with Crippen molar-refractivity contribution in [3.05, 3.63) is 41.0 Å². The van der Waals surface area contributed by atoms with Crippen LogP contribution in [0.25, 0.3) is 0 Å². The second-order valence-electron chi connectivity index (χ2n) is 3.44. The summed E-state index contributed by atoms with van der Waals surface area (Å²) in [6.45, 7) is 9.71.